The highest BCUT2D eigenvalue weighted by Gasteiger charge is 2.39. The van der Waals surface area contributed by atoms with Gasteiger partial charge in [0, 0.05) is 30.5 Å². The van der Waals surface area contributed by atoms with Crippen molar-refractivity contribution in [3.05, 3.63) is 67.0 Å². The quantitative estimate of drug-likeness (QED) is 0.667. The molecule has 4 heterocycles. The number of nitrogens with one attached hydrogen (secondary N) is 1. The first kappa shape index (κ1) is 16.1. The van der Waals surface area contributed by atoms with Crippen LogP contribution in [0.3, 0.4) is 0 Å². The lowest BCUT2D eigenvalue weighted by molar-refractivity contribution is 0.353. The maximum atomic E-state index is 6.36. The fraction of sp³-hybridized carbons (Fsp3) is 0.292. The number of hydrogen-bond donors (Lipinski definition) is 1. The molecule has 3 atom stereocenters. The third-order valence-electron chi connectivity index (χ3n) is 6.39. The number of piperidine rings is 1. The number of ether oxygens (including phenoxy) is 1. The number of rotatable bonds is 2. The summed E-state index contributed by atoms with van der Waals surface area (Å²) in [6, 6.07) is 20.9. The van der Waals surface area contributed by atoms with E-state index in [0.717, 1.165) is 22.6 Å². The van der Waals surface area contributed by atoms with Gasteiger partial charge in [-0.05, 0) is 73.2 Å². The maximum Gasteiger partial charge on any atom is 0.151 e. The fourth-order valence-electron chi connectivity index (χ4n) is 5.14. The average molecular weight is 369 g/mol. The Morgan fingerprint density at radius 1 is 0.821 bits per heavy atom. The Morgan fingerprint density at radius 3 is 2.39 bits per heavy atom. The van der Waals surface area contributed by atoms with Crippen LogP contribution in [-0.2, 0) is 0 Å². The normalized spacial score (nSPS) is 25.0. The Balaban J connectivity index is 1.45. The highest BCUT2D eigenvalue weighted by molar-refractivity contribution is 5.81. The number of hydrogen-bond acceptors (Lipinski definition) is 4. The van der Waals surface area contributed by atoms with Crippen LogP contribution >= 0.6 is 0 Å². The van der Waals surface area contributed by atoms with Gasteiger partial charge in [-0.1, -0.05) is 18.2 Å². The summed E-state index contributed by atoms with van der Waals surface area (Å²) in [7, 11) is 0. The Bertz CT molecular complexity index is 1010. The summed E-state index contributed by atoms with van der Waals surface area (Å²) in [6.07, 6.45) is 8.67. The van der Waals surface area contributed by atoms with E-state index in [-0.39, 0.29) is 0 Å². The number of benzene rings is 2. The van der Waals surface area contributed by atoms with E-state index >= 15 is 0 Å². The molecule has 0 amide bonds. The molecule has 3 aromatic rings. The molecule has 2 bridgehead atoms. The number of fused-ring (bicyclic) bond motifs is 4. The van der Waals surface area contributed by atoms with Crippen molar-refractivity contribution in [1.82, 2.24) is 10.3 Å². The first-order valence-electron chi connectivity index (χ1n) is 10.2. The van der Waals surface area contributed by atoms with E-state index in [9.17, 15) is 0 Å². The first-order valence-corrected chi connectivity index (χ1v) is 10.2. The molecular formula is C24H23N3O. The molecule has 1 aromatic heterocycles. The first-order chi connectivity index (χ1) is 13.8. The Hall–Kier alpha value is -2.85. The van der Waals surface area contributed by atoms with Gasteiger partial charge in [-0.15, -0.1) is 0 Å². The minimum atomic E-state index is 0.509. The van der Waals surface area contributed by atoms with Gasteiger partial charge in [-0.3, -0.25) is 4.98 Å². The molecule has 1 N–H and O–H groups in total. The van der Waals surface area contributed by atoms with Crippen LogP contribution in [0.5, 0.6) is 11.5 Å². The summed E-state index contributed by atoms with van der Waals surface area (Å²) in [5.41, 5.74) is 4.69. The van der Waals surface area contributed by atoms with Crippen molar-refractivity contribution in [3.63, 3.8) is 0 Å². The predicted molar refractivity (Wildman–Crippen MR) is 111 cm³/mol. The lowest BCUT2D eigenvalue weighted by atomic mass is 9.95. The van der Waals surface area contributed by atoms with E-state index in [2.05, 4.69) is 57.7 Å². The number of para-hydroxylation sites is 2. The second-order valence-corrected chi connectivity index (χ2v) is 8.12. The van der Waals surface area contributed by atoms with Crippen LogP contribution < -0.4 is 15.0 Å². The van der Waals surface area contributed by atoms with Crippen molar-refractivity contribution >= 4 is 11.4 Å². The number of aromatic nitrogens is 1. The summed E-state index contributed by atoms with van der Waals surface area (Å²) in [4.78, 5) is 6.67. The Kier molecular flexibility index (Phi) is 3.66. The Labute approximate surface area is 165 Å². The molecule has 3 aliphatic rings. The van der Waals surface area contributed by atoms with Gasteiger partial charge < -0.3 is 15.0 Å². The van der Waals surface area contributed by atoms with E-state index in [1.54, 1.807) is 0 Å². The molecule has 4 nitrogen and oxygen atoms in total. The molecule has 4 heteroatoms. The Morgan fingerprint density at radius 2 is 1.57 bits per heavy atom. The third-order valence-corrected chi connectivity index (χ3v) is 6.39. The van der Waals surface area contributed by atoms with Gasteiger partial charge in [0.05, 0.1) is 11.4 Å². The second-order valence-electron chi connectivity index (χ2n) is 8.12. The van der Waals surface area contributed by atoms with Gasteiger partial charge in [0.1, 0.15) is 0 Å². The molecule has 6 rings (SSSR count). The summed E-state index contributed by atoms with van der Waals surface area (Å²) in [5.74, 6) is 1.90. The van der Waals surface area contributed by atoms with E-state index in [4.69, 9.17) is 4.74 Å². The van der Waals surface area contributed by atoms with Gasteiger partial charge in [-0.2, -0.15) is 0 Å². The van der Waals surface area contributed by atoms with Crippen LogP contribution in [0.25, 0.3) is 11.1 Å². The molecule has 2 fully saturated rings. The molecular weight excluding hydrogens is 346 g/mol. The van der Waals surface area contributed by atoms with Crippen LogP contribution in [0.1, 0.15) is 25.7 Å². The maximum absolute atomic E-state index is 6.36. The van der Waals surface area contributed by atoms with Crippen molar-refractivity contribution in [2.75, 3.05) is 4.90 Å². The summed E-state index contributed by atoms with van der Waals surface area (Å²) >= 11 is 0. The second kappa shape index (κ2) is 6.35. The molecule has 2 aromatic carbocycles. The standard InChI is InChI=1S/C24H23N3O/c1-2-4-23-21(3-1)27(20-14-18-6-7-19(15-20)26-18)22-8-5-17(13-24(22)28-23)16-9-11-25-12-10-16/h1-5,8-13,18-20,26H,6-7,14-15H2/t18-,19+,20?. The van der Waals surface area contributed by atoms with Crippen molar-refractivity contribution in [3.8, 4) is 22.6 Å². The smallest absolute Gasteiger partial charge is 0.151 e. The molecule has 0 radical (unpaired) electrons. The van der Waals surface area contributed by atoms with E-state index < -0.39 is 0 Å². The zero-order valence-corrected chi connectivity index (χ0v) is 15.7. The van der Waals surface area contributed by atoms with Crippen molar-refractivity contribution in [2.24, 2.45) is 0 Å². The molecule has 2 saturated heterocycles. The molecule has 0 spiro atoms. The monoisotopic (exact) mass is 369 g/mol. The van der Waals surface area contributed by atoms with Crippen LogP contribution in [0.2, 0.25) is 0 Å². The SMILES string of the molecule is c1ccc2c(c1)Oc1cc(-c3ccncc3)ccc1N2C1C[C@H]2CC[C@@H](C1)N2. The van der Waals surface area contributed by atoms with Crippen LogP contribution in [0.4, 0.5) is 11.4 Å². The van der Waals surface area contributed by atoms with E-state index in [1.165, 1.54) is 37.1 Å². The van der Waals surface area contributed by atoms with Crippen molar-refractivity contribution < 1.29 is 4.74 Å². The number of pyridine rings is 1. The molecule has 140 valence electrons. The predicted octanol–water partition coefficient (Wildman–Crippen LogP) is 5.28. The minimum absolute atomic E-state index is 0.509. The summed E-state index contributed by atoms with van der Waals surface area (Å²) in [5, 5.41) is 3.77. The lowest BCUT2D eigenvalue weighted by Crippen LogP contribution is -2.47. The highest BCUT2D eigenvalue weighted by Crippen LogP contribution is 2.50. The third kappa shape index (κ3) is 2.60. The molecule has 28 heavy (non-hydrogen) atoms. The van der Waals surface area contributed by atoms with E-state index in [0.29, 0.717) is 18.1 Å². The average Bonchev–Trinajstić information content (AvgIpc) is 3.09. The zero-order chi connectivity index (χ0) is 18.5. The fourth-order valence-corrected chi connectivity index (χ4v) is 5.14. The number of anilines is 2. The molecule has 1 unspecified atom stereocenters. The van der Waals surface area contributed by atoms with Gasteiger partial charge in [-0.25, -0.2) is 0 Å². The molecule has 0 saturated carbocycles. The molecule has 3 aliphatic heterocycles. The van der Waals surface area contributed by atoms with Crippen LogP contribution in [0.15, 0.2) is 67.0 Å². The summed E-state index contributed by atoms with van der Waals surface area (Å²) in [6.45, 7) is 0. The van der Waals surface area contributed by atoms with Gasteiger partial charge in [0.15, 0.2) is 11.5 Å². The van der Waals surface area contributed by atoms with Crippen LogP contribution in [0, 0.1) is 0 Å². The minimum Gasteiger partial charge on any atom is -0.453 e. The van der Waals surface area contributed by atoms with E-state index in [1.807, 2.05) is 24.5 Å². The lowest BCUT2D eigenvalue weighted by Gasteiger charge is -2.42. The number of nitrogens with zero attached hydrogens (tertiary/aromatic N) is 2. The summed E-state index contributed by atoms with van der Waals surface area (Å²) < 4.78 is 6.36. The van der Waals surface area contributed by atoms with Gasteiger partial charge in [0.25, 0.3) is 0 Å². The van der Waals surface area contributed by atoms with Crippen LogP contribution in [-0.4, -0.2) is 23.1 Å². The van der Waals surface area contributed by atoms with Gasteiger partial charge >= 0.3 is 0 Å². The van der Waals surface area contributed by atoms with Gasteiger partial charge in [0.2, 0.25) is 0 Å². The van der Waals surface area contributed by atoms with Crippen molar-refractivity contribution in [1.29, 1.82) is 0 Å². The molecule has 0 aliphatic carbocycles. The highest BCUT2D eigenvalue weighted by atomic mass is 16.5. The zero-order valence-electron chi connectivity index (χ0n) is 15.7. The van der Waals surface area contributed by atoms with Crippen molar-refractivity contribution in [2.45, 2.75) is 43.8 Å². The topological polar surface area (TPSA) is 37.4 Å². The largest absolute Gasteiger partial charge is 0.453 e.